The molecule has 20 heavy (non-hydrogen) atoms. The lowest BCUT2D eigenvalue weighted by Gasteiger charge is -2.36. The molecule has 0 saturated carbocycles. The molecule has 1 aromatic rings. The molecular formula is C17H27NO2. The molecule has 1 rings (SSSR count). The zero-order valence-corrected chi connectivity index (χ0v) is 13.1. The molecule has 0 aromatic heterocycles. The van der Waals surface area contributed by atoms with Gasteiger partial charge in [-0.3, -0.25) is 4.79 Å². The van der Waals surface area contributed by atoms with Gasteiger partial charge in [0, 0.05) is 0 Å². The van der Waals surface area contributed by atoms with Gasteiger partial charge in [0.25, 0.3) is 0 Å². The van der Waals surface area contributed by atoms with E-state index >= 15 is 0 Å². The second kappa shape index (κ2) is 8.05. The van der Waals surface area contributed by atoms with Crippen LogP contribution in [0, 0.1) is 5.92 Å². The summed E-state index contributed by atoms with van der Waals surface area (Å²) >= 11 is 0. The first-order chi connectivity index (χ1) is 9.54. The number of hydrogen-bond donors (Lipinski definition) is 1. The van der Waals surface area contributed by atoms with Crippen molar-refractivity contribution < 1.29 is 9.53 Å². The Morgan fingerprint density at radius 3 is 2.40 bits per heavy atom. The van der Waals surface area contributed by atoms with E-state index in [1.807, 2.05) is 25.1 Å². The molecule has 0 radical (unpaired) electrons. The normalized spacial score (nSPS) is 14.1. The number of benzene rings is 1. The van der Waals surface area contributed by atoms with Crippen molar-refractivity contribution in [1.29, 1.82) is 0 Å². The first kappa shape index (κ1) is 16.7. The van der Waals surface area contributed by atoms with Crippen molar-refractivity contribution in [3.8, 4) is 0 Å². The van der Waals surface area contributed by atoms with E-state index in [1.165, 1.54) is 0 Å². The topological polar surface area (TPSA) is 38.3 Å². The van der Waals surface area contributed by atoms with Crippen LogP contribution in [0.25, 0.3) is 0 Å². The van der Waals surface area contributed by atoms with Gasteiger partial charge in [-0.25, -0.2) is 0 Å². The van der Waals surface area contributed by atoms with E-state index in [0.29, 0.717) is 18.9 Å². The molecule has 3 heteroatoms. The van der Waals surface area contributed by atoms with E-state index in [0.717, 1.165) is 18.5 Å². The molecule has 3 nitrogen and oxygen atoms in total. The van der Waals surface area contributed by atoms with Gasteiger partial charge in [0.05, 0.1) is 18.6 Å². The molecule has 0 spiro atoms. The first-order valence-corrected chi connectivity index (χ1v) is 7.50. The van der Waals surface area contributed by atoms with Crippen LogP contribution in [0.5, 0.6) is 0 Å². The summed E-state index contributed by atoms with van der Waals surface area (Å²) in [5, 5.41) is 3.53. The predicted octanol–water partition coefficient (Wildman–Crippen LogP) is 3.49. The molecule has 112 valence electrons. The van der Waals surface area contributed by atoms with Gasteiger partial charge in [-0.2, -0.15) is 0 Å². The first-order valence-electron chi connectivity index (χ1n) is 7.50. The lowest BCUT2D eigenvalue weighted by molar-refractivity contribution is -0.145. The molecular weight excluding hydrogens is 250 g/mol. The van der Waals surface area contributed by atoms with Gasteiger partial charge in [0.2, 0.25) is 0 Å². The summed E-state index contributed by atoms with van der Waals surface area (Å²) in [4.78, 5) is 12.0. The highest BCUT2D eigenvalue weighted by atomic mass is 16.5. The largest absolute Gasteiger partial charge is 0.466 e. The third-order valence-corrected chi connectivity index (χ3v) is 3.35. The van der Waals surface area contributed by atoms with E-state index in [2.05, 4.69) is 38.2 Å². The highest BCUT2D eigenvalue weighted by Crippen LogP contribution is 2.32. The van der Waals surface area contributed by atoms with Gasteiger partial charge in [-0.05, 0) is 31.4 Å². The van der Waals surface area contributed by atoms with Crippen LogP contribution in [0.2, 0.25) is 0 Å². The molecule has 1 unspecified atom stereocenters. The SMILES string of the molecule is CCNC(CC(=O)OCC)(CC(C)C)c1ccccc1. The fraction of sp³-hybridized carbons (Fsp3) is 0.588. The number of carbonyl (C=O) groups excluding carboxylic acids is 1. The van der Waals surface area contributed by atoms with E-state index in [-0.39, 0.29) is 11.5 Å². The number of carbonyl (C=O) groups is 1. The molecule has 0 aliphatic heterocycles. The smallest absolute Gasteiger partial charge is 0.308 e. The summed E-state index contributed by atoms with van der Waals surface area (Å²) < 4.78 is 5.17. The minimum Gasteiger partial charge on any atom is -0.466 e. The zero-order chi connectivity index (χ0) is 15.0. The second-order valence-corrected chi connectivity index (χ2v) is 5.56. The van der Waals surface area contributed by atoms with Gasteiger partial charge in [-0.1, -0.05) is 51.1 Å². The molecule has 0 bridgehead atoms. The van der Waals surface area contributed by atoms with Crippen LogP contribution in [0.4, 0.5) is 0 Å². The number of hydrogen-bond acceptors (Lipinski definition) is 3. The average Bonchev–Trinajstić information content (AvgIpc) is 2.39. The van der Waals surface area contributed by atoms with Crippen molar-refractivity contribution in [2.75, 3.05) is 13.2 Å². The van der Waals surface area contributed by atoms with E-state index in [9.17, 15) is 4.79 Å². The number of nitrogens with one attached hydrogen (secondary N) is 1. The summed E-state index contributed by atoms with van der Waals surface area (Å²) in [5.41, 5.74) is 0.819. The lowest BCUT2D eigenvalue weighted by atomic mass is 9.79. The summed E-state index contributed by atoms with van der Waals surface area (Å²) in [6.07, 6.45) is 1.28. The molecule has 1 aromatic carbocycles. The third kappa shape index (κ3) is 4.64. The van der Waals surface area contributed by atoms with E-state index in [1.54, 1.807) is 0 Å². The Morgan fingerprint density at radius 2 is 1.90 bits per heavy atom. The van der Waals surface area contributed by atoms with Gasteiger partial charge in [-0.15, -0.1) is 0 Å². The Labute approximate surface area is 122 Å². The fourth-order valence-electron chi connectivity index (χ4n) is 2.78. The van der Waals surface area contributed by atoms with Gasteiger partial charge >= 0.3 is 5.97 Å². The minimum atomic E-state index is -0.337. The van der Waals surface area contributed by atoms with E-state index < -0.39 is 0 Å². The number of ether oxygens (including phenoxy) is 1. The van der Waals surface area contributed by atoms with Gasteiger partial charge < -0.3 is 10.1 Å². The molecule has 0 fully saturated rings. The Hall–Kier alpha value is -1.35. The average molecular weight is 277 g/mol. The van der Waals surface area contributed by atoms with Crippen molar-refractivity contribution in [3.63, 3.8) is 0 Å². The highest BCUT2D eigenvalue weighted by molar-refractivity contribution is 5.71. The lowest BCUT2D eigenvalue weighted by Crippen LogP contribution is -2.45. The van der Waals surface area contributed by atoms with Crippen molar-refractivity contribution in [2.24, 2.45) is 5.92 Å². The minimum absolute atomic E-state index is 0.141. The molecule has 0 heterocycles. The molecule has 1 atom stereocenters. The van der Waals surface area contributed by atoms with Crippen molar-refractivity contribution in [1.82, 2.24) is 5.32 Å². The number of rotatable bonds is 8. The fourth-order valence-corrected chi connectivity index (χ4v) is 2.78. The van der Waals surface area contributed by atoms with Crippen LogP contribution in [0.3, 0.4) is 0 Å². The van der Waals surface area contributed by atoms with Gasteiger partial charge in [0.1, 0.15) is 0 Å². The van der Waals surface area contributed by atoms with Crippen molar-refractivity contribution >= 4 is 5.97 Å². The van der Waals surface area contributed by atoms with Crippen molar-refractivity contribution in [3.05, 3.63) is 35.9 Å². The Kier molecular flexibility index (Phi) is 6.73. The molecule has 0 amide bonds. The maximum Gasteiger partial charge on any atom is 0.308 e. The van der Waals surface area contributed by atoms with Crippen LogP contribution < -0.4 is 5.32 Å². The third-order valence-electron chi connectivity index (χ3n) is 3.35. The summed E-state index contributed by atoms with van der Waals surface area (Å²) in [6.45, 7) is 9.53. The maximum absolute atomic E-state index is 12.0. The van der Waals surface area contributed by atoms with Crippen LogP contribution in [0.15, 0.2) is 30.3 Å². The Bertz CT molecular complexity index is 403. The molecule has 0 aliphatic carbocycles. The molecule has 1 N–H and O–H groups in total. The zero-order valence-electron chi connectivity index (χ0n) is 13.1. The highest BCUT2D eigenvalue weighted by Gasteiger charge is 2.35. The van der Waals surface area contributed by atoms with Crippen LogP contribution in [-0.2, 0) is 15.1 Å². The quantitative estimate of drug-likeness (QED) is 0.739. The van der Waals surface area contributed by atoms with E-state index in [4.69, 9.17) is 4.74 Å². The second-order valence-electron chi connectivity index (χ2n) is 5.56. The standard InChI is InChI=1S/C17H27NO2/c1-5-18-17(12-14(3)4,13-16(19)20-6-2)15-10-8-7-9-11-15/h7-11,14,18H,5-6,12-13H2,1-4H3. The summed E-state index contributed by atoms with van der Waals surface area (Å²) in [6, 6.07) is 10.2. The van der Waals surface area contributed by atoms with Crippen LogP contribution >= 0.6 is 0 Å². The van der Waals surface area contributed by atoms with Crippen LogP contribution in [-0.4, -0.2) is 19.1 Å². The Balaban J connectivity index is 3.10. The van der Waals surface area contributed by atoms with Gasteiger partial charge in [0.15, 0.2) is 0 Å². The maximum atomic E-state index is 12.0. The predicted molar refractivity (Wildman–Crippen MR) is 82.5 cm³/mol. The molecule has 0 aliphatic rings. The summed E-state index contributed by atoms with van der Waals surface area (Å²) in [5.74, 6) is 0.349. The Morgan fingerprint density at radius 1 is 1.25 bits per heavy atom. The number of esters is 1. The van der Waals surface area contributed by atoms with Crippen LogP contribution in [0.1, 0.15) is 46.1 Å². The monoisotopic (exact) mass is 277 g/mol. The van der Waals surface area contributed by atoms with Crippen molar-refractivity contribution in [2.45, 2.75) is 46.1 Å². The molecule has 0 saturated heterocycles. The summed E-state index contributed by atoms with van der Waals surface area (Å²) in [7, 11) is 0.